The summed E-state index contributed by atoms with van der Waals surface area (Å²) >= 11 is 0. The summed E-state index contributed by atoms with van der Waals surface area (Å²) in [6.45, 7) is 4.34. The second-order valence-corrected chi connectivity index (χ2v) is 12.0. The number of carboxylic acid groups (broad SMARTS) is 4. The standard InChI is InChI=1S/C32H56O8/c1-3-5-7-9-11-13-15-17-19-21-23-25(29(33)34)27(31(37)38)24(28(32(39)40)26(23)30(35)36)22-20-18-16-14-12-10-8-6-4-2/h23-28H,3-22H2,1-2H3,(H,33,34)(H,35,36)(H,37,38)(H,39,40). The Morgan fingerprint density at radius 2 is 0.575 bits per heavy atom. The average Bonchev–Trinajstić information content (AvgIpc) is 2.89. The van der Waals surface area contributed by atoms with Gasteiger partial charge in [0, 0.05) is 0 Å². The molecule has 0 aromatic carbocycles. The topological polar surface area (TPSA) is 149 Å². The summed E-state index contributed by atoms with van der Waals surface area (Å²) < 4.78 is 0. The molecule has 0 aromatic rings. The summed E-state index contributed by atoms with van der Waals surface area (Å²) in [5.74, 6) is -13.0. The SMILES string of the molecule is CCCCCCCCCCCC1C(C(=O)O)C(C(=O)O)C(CCCCCCCCCCC)C(C(=O)O)C1C(=O)O. The first-order chi connectivity index (χ1) is 19.2. The molecule has 8 heteroatoms. The predicted molar refractivity (Wildman–Crippen MR) is 155 cm³/mol. The number of carboxylic acids is 4. The molecule has 8 nitrogen and oxygen atoms in total. The molecule has 4 atom stereocenters. The fourth-order valence-electron chi connectivity index (χ4n) is 6.96. The van der Waals surface area contributed by atoms with E-state index in [1.54, 1.807) is 0 Å². The fourth-order valence-corrected chi connectivity index (χ4v) is 6.96. The van der Waals surface area contributed by atoms with Crippen LogP contribution in [0.1, 0.15) is 142 Å². The van der Waals surface area contributed by atoms with Gasteiger partial charge in [-0.25, -0.2) is 0 Å². The Balaban J connectivity index is 2.92. The Morgan fingerprint density at radius 3 is 0.775 bits per heavy atom. The van der Waals surface area contributed by atoms with Gasteiger partial charge in [0.15, 0.2) is 0 Å². The first-order valence-corrected chi connectivity index (χ1v) is 16.1. The molecule has 1 rings (SSSR count). The second kappa shape index (κ2) is 20.7. The third-order valence-electron chi connectivity index (χ3n) is 9.04. The number of rotatable bonds is 24. The first kappa shape index (κ1) is 35.9. The number of hydrogen-bond acceptors (Lipinski definition) is 4. The summed E-state index contributed by atoms with van der Waals surface area (Å²) in [6.07, 6.45) is 19.0. The Bertz CT molecular complexity index is 649. The van der Waals surface area contributed by atoms with E-state index in [1.165, 1.54) is 51.4 Å². The molecule has 0 saturated heterocycles. The molecule has 1 saturated carbocycles. The minimum absolute atomic E-state index is 0.210. The van der Waals surface area contributed by atoms with Crippen molar-refractivity contribution in [2.45, 2.75) is 142 Å². The van der Waals surface area contributed by atoms with Crippen molar-refractivity contribution in [3.8, 4) is 0 Å². The molecule has 0 aliphatic heterocycles. The largest absolute Gasteiger partial charge is 0.481 e. The highest BCUT2D eigenvalue weighted by Crippen LogP contribution is 2.50. The predicted octanol–water partition coefficient (Wildman–Crippen LogP) is 7.88. The molecule has 232 valence electrons. The Labute approximate surface area is 241 Å². The van der Waals surface area contributed by atoms with Crippen LogP contribution in [-0.4, -0.2) is 44.3 Å². The van der Waals surface area contributed by atoms with Crippen molar-refractivity contribution < 1.29 is 39.6 Å². The van der Waals surface area contributed by atoms with Gasteiger partial charge in [0.1, 0.15) is 0 Å². The maximum absolute atomic E-state index is 12.4. The number of carbonyl (C=O) groups is 4. The van der Waals surface area contributed by atoms with Gasteiger partial charge >= 0.3 is 23.9 Å². The van der Waals surface area contributed by atoms with Crippen molar-refractivity contribution >= 4 is 23.9 Å². The zero-order chi connectivity index (χ0) is 29.9. The lowest BCUT2D eigenvalue weighted by atomic mass is 9.54. The Kier molecular flexibility index (Phi) is 18.6. The molecule has 0 radical (unpaired) electrons. The van der Waals surface area contributed by atoms with Crippen LogP contribution < -0.4 is 0 Å². The number of hydrogen-bond donors (Lipinski definition) is 4. The van der Waals surface area contributed by atoms with Crippen LogP contribution in [0, 0.1) is 35.5 Å². The third kappa shape index (κ3) is 12.2. The normalized spacial score (nSPS) is 24.6. The van der Waals surface area contributed by atoms with E-state index in [9.17, 15) is 39.6 Å². The van der Waals surface area contributed by atoms with Crippen LogP contribution in [0.4, 0.5) is 0 Å². The van der Waals surface area contributed by atoms with E-state index in [4.69, 9.17) is 0 Å². The summed E-state index contributed by atoms with van der Waals surface area (Å²) in [5, 5.41) is 40.6. The van der Waals surface area contributed by atoms with Gasteiger partial charge in [-0.15, -0.1) is 0 Å². The summed E-state index contributed by atoms with van der Waals surface area (Å²) in [6, 6.07) is 0. The van der Waals surface area contributed by atoms with Crippen molar-refractivity contribution in [1.82, 2.24) is 0 Å². The molecule has 4 unspecified atom stereocenters. The summed E-state index contributed by atoms with van der Waals surface area (Å²) in [7, 11) is 0. The zero-order valence-electron chi connectivity index (χ0n) is 25.0. The summed E-state index contributed by atoms with van der Waals surface area (Å²) in [4.78, 5) is 49.8. The van der Waals surface area contributed by atoms with E-state index in [0.29, 0.717) is 12.8 Å². The van der Waals surface area contributed by atoms with Crippen molar-refractivity contribution in [2.75, 3.05) is 0 Å². The molecule has 0 amide bonds. The summed E-state index contributed by atoms with van der Waals surface area (Å²) in [5.41, 5.74) is 0. The van der Waals surface area contributed by atoms with E-state index < -0.39 is 59.4 Å². The first-order valence-electron chi connectivity index (χ1n) is 16.1. The zero-order valence-corrected chi connectivity index (χ0v) is 25.0. The van der Waals surface area contributed by atoms with Gasteiger partial charge in [-0.2, -0.15) is 0 Å². The number of unbranched alkanes of at least 4 members (excludes halogenated alkanes) is 16. The molecule has 0 bridgehead atoms. The highest BCUT2D eigenvalue weighted by atomic mass is 16.4. The molecule has 0 aromatic heterocycles. The highest BCUT2D eigenvalue weighted by Gasteiger charge is 2.59. The van der Waals surface area contributed by atoms with Crippen LogP contribution in [0.5, 0.6) is 0 Å². The van der Waals surface area contributed by atoms with Gasteiger partial charge in [-0.1, -0.05) is 129 Å². The monoisotopic (exact) mass is 568 g/mol. The molecule has 0 spiro atoms. The molecular formula is C32H56O8. The Hall–Kier alpha value is -2.12. The van der Waals surface area contributed by atoms with E-state index in [1.807, 2.05) is 0 Å². The maximum atomic E-state index is 12.4. The van der Waals surface area contributed by atoms with E-state index in [0.717, 1.165) is 51.4 Å². The van der Waals surface area contributed by atoms with Gasteiger partial charge in [0.2, 0.25) is 0 Å². The van der Waals surface area contributed by atoms with Crippen LogP contribution in [0.15, 0.2) is 0 Å². The van der Waals surface area contributed by atoms with Gasteiger partial charge in [0.05, 0.1) is 23.7 Å². The van der Waals surface area contributed by atoms with Crippen molar-refractivity contribution in [2.24, 2.45) is 35.5 Å². The van der Waals surface area contributed by atoms with Crippen molar-refractivity contribution in [3.63, 3.8) is 0 Å². The van der Waals surface area contributed by atoms with Crippen molar-refractivity contribution in [1.29, 1.82) is 0 Å². The molecule has 4 N–H and O–H groups in total. The van der Waals surface area contributed by atoms with Crippen LogP contribution in [0.2, 0.25) is 0 Å². The second-order valence-electron chi connectivity index (χ2n) is 12.0. The minimum atomic E-state index is -1.41. The van der Waals surface area contributed by atoms with Gasteiger partial charge in [-0.3, -0.25) is 19.2 Å². The third-order valence-corrected chi connectivity index (χ3v) is 9.04. The van der Waals surface area contributed by atoms with Crippen LogP contribution >= 0.6 is 0 Å². The number of aliphatic carboxylic acids is 4. The average molecular weight is 569 g/mol. The molecule has 1 aliphatic rings. The van der Waals surface area contributed by atoms with E-state index >= 15 is 0 Å². The van der Waals surface area contributed by atoms with Crippen LogP contribution in [-0.2, 0) is 19.2 Å². The molecule has 40 heavy (non-hydrogen) atoms. The van der Waals surface area contributed by atoms with Gasteiger partial charge in [-0.05, 0) is 24.7 Å². The van der Waals surface area contributed by atoms with E-state index in [2.05, 4.69) is 13.8 Å². The highest BCUT2D eigenvalue weighted by molar-refractivity contribution is 5.86. The van der Waals surface area contributed by atoms with Gasteiger partial charge < -0.3 is 20.4 Å². The van der Waals surface area contributed by atoms with Crippen LogP contribution in [0.25, 0.3) is 0 Å². The quantitative estimate of drug-likeness (QED) is 0.0859. The fraction of sp³-hybridized carbons (Fsp3) is 0.875. The lowest BCUT2D eigenvalue weighted by molar-refractivity contribution is -0.182. The smallest absolute Gasteiger partial charge is 0.307 e. The van der Waals surface area contributed by atoms with E-state index in [-0.39, 0.29) is 12.8 Å². The molecular weight excluding hydrogens is 512 g/mol. The van der Waals surface area contributed by atoms with Crippen LogP contribution in [0.3, 0.4) is 0 Å². The lowest BCUT2D eigenvalue weighted by Crippen LogP contribution is -2.56. The Morgan fingerprint density at radius 1 is 0.375 bits per heavy atom. The van der Waals surface area contributed by atoms with Gasteiger partial charge in [0.25, 0.3) is 0 Å². The molecule has 1 aliphatic carbocycles. The lowest BCUT2D eigenvalue weighted by Gasteiger charge is -2.46. The molecule has 0 heterocycles. The maximum Gasteiger partial charge on any atom is 0.307 e. The van der Waals surface area contributed by atoms with Crippen molar-refractivity contribution in [3.05, 3.63) is 0 Å². The molecule has 1 fully saturated rings. The minimum Gasteiger partial charge on any atom is -0.481 e.